The van der Waals surface area contributed by atoms with Gasteiger partial charge in [-0.05, 0) is 25.9 Å². The number of rotatable bonds is 10. The van der Waals surface area contributed by atoms with E-state index in [-0.39, 0.29) is 0 Å². The van der Waals surface area contributed by atoms with Gasteiger partial charge in [-0.2, -0.15) is 0 Å². The van der Waals surface area contributed by atoms with Gasteiger partial charge in [-0.15, -0.1) is 0 Å². The van der Waals surface area contributed by atoms with E-state index in [2.05, 4.69) is 5.32 Å². The Labute approximate surface area is 93.6 Å². The van der Waals surface area contributed by atoms with Crippen molar-refractivity contribution >= 4 is 8.80 Å². The standard InChI is InChI=1S/C9H24N2O3Si/c1-12-15(13-2,14-3)9-11-8-6-4-5-7-10/h11H,4-10H2,1-3H3. The first-order valence-electron chi connectivity index (χ1n) is 5.31. The van der Waals surface area contributed by atoms with Gasteiger partial charge in [0.05, 0.1) is 6.17 Å². The molecule has 0 radical (unpaired) electrons. The number of nitrogens with one attached hydrogen (secondary N) is 1. The molecular formula is C9H24N2O3Si. The Bertz CT molecular complexity index is 137. The normalized spacial score (nSPS) is 12.0. The van der Waals surface area contributed by atoms with Gasteiger partial charge in [0.15, 0.2) is 0 Å². The number of unbranched alkanes of at least 4 members (excludes halogenated alkanes) is 2. The minimum atomic E-state index is -2.42. The highest BCUT2D eigenvalue weighted by Gasteiger charge is 2.37. The maximum Gasteiger partial charge on any atom is 0.514 e. The molecule has 3 N–H and O–H groups in total. The highest BCUT2D eigenvalue weighted by Crippen LogP contribution is 2.03. The van der Waals surface area contributed by atoms with E-state index in [0.717, 1.165) is 32.4 Å². The van der Waals surface area contributed by atoms with E-state index in [1.165, 1.54) is 0 Å². The van der Waals surface area contributed by atoms with Gasteiger partial charge in [0.25, 0.3) is 0 Å². The Morgan fingerprint density at radius 1 is 1.00 bits per heavy atom. The fourth-order valence-corrected chi connectivity index (χ4v) is 2.70. The SMILES string of the molecule is CO[Si](CNCCCCCN)(OC)OC. The Hall–Kier alpha value is 0.0169. The Balaban J connectivity index is 3.54. The molecular weight excluding hydrogens is 212 g/mol. The van der Waals surface area contributed by atoms with E-state index in [9.17, 15) is 0 Å². The smallest absolute Gasteiger partial charge is 0.376 e. The average molecular weight is 236 g/mol. The van der Waals surface area contributed by atoms with Gasteiger partial charge in [0.2, 0.25) is 0 Å². The zero-order valence-corrected chi connectivity index (χ0v) is 11.0. The van der Waals surface area contributed by atoms with Crippen molar-refractivity contribution in [1.29, 1.82) is 0 Å². The first kappa shape index (κ1) is 15.0. The summed E-state index contributed by atoms with van der Waals surface area (Å²) in [5, 5.41) is 3.28. The summed E-state index contributed by atoms with van der Waals surface area (Å²) < 4.78 is 15.8. The molecule has 0 saturated heterocycles. The zero-order chi connectivity index (χ0) is 11.6. The molecule has 0 fully saturated rings. The van der Waals surface area contributed by atoms with Crippen LogP contribution in [0.1, 0.15) is 19.3 Å². The van der Waals surface area contributed by atoms with E-state index in [0.29, 0.717) is 6.17 Å². The zero-order valence-electron chi connectivity index (χ0n) is 10.0. The van der Waals surface area contributed by atoms with Crippen molar-refractivity contribution in [2.45, 2.75) is 19.3 Å². The van der Waals surface area contributed by atoms with Gasteiger partial charge in [0.1, 0.15) is 0 Å². The van der Waals surface area contributed by atoms with E-state index < -0.39 is 8.80 Å². The second-order valence-corrected chi connectivity index (χ2v) is 6.27. The Morgan fingerprint density at radius 3 is 2.07 bits per heavy atom. The highest BCUT2D eigenvalue weighted by atomic mass is 28.4. The predicted molar refractivity (Wildman–Crippen MR) is 62.6 cm³/mol. The number of hydrogen-bond acceptors (Lipinski definition) is 5. The molecule has 0 atom stereocenters. The molecule has 0 spiro atoms. The third-order valence-corrected chi connectivity index (χ3v) is 4.88. The molecule has 0 aliphatic rings. The molecule has 0 aromatic heterocycles. The molecule has 0 aromatic rings. The lowest BCUT2D eigenvalue weighted by molar-refractivity contribution is 0.122. The fourth-order valence-electron chi connectivity index (χ4n) is 1.28. The largest absolute Gasteiger partial charge is 0.514 e. The summed E-state index contributed by atoms with van der Waals surface area (Å²) in [5.74, 6) is 0. The molecule has 0 bridgehead atoms. The molecule has 0 aliphatic heterocycles. The van der Waals surface area contributed by atoms with Crippen molar-refractivity contribution in [3.05, 3.63) is 0 Å². The fraction of sp³-hybridized carbons (Fsp3) is 1.00. The van der Waals surface area contributed by atoms with Crippen molar-refractivity contribution in [3.63, 3.8) is 0 Å². The Kier molecular flexibility index (Phi) is 9.27. The van der Waals surface area contributed by atoms with Crippen molar-refractivity contribution < 1.29 is 13.3 Å². The molecule has 5 nitrogen and oxygen atoms in total. The first-order chi connectivity index (χ1) is 7.24. The van der Waals surface area contributed by atoms with Gasteiger partial charge in [-0.25, -0.2) is 0 Å². The number of nitrogens with two attached hydrogens (primary N) is 1. The van der Waals surface area contributed by atoms with Crippen molar-refractivity contribution in [2.24, 2.45) is 5.73 Å². The van der Waals surface area contributed by atoms with E-state index in [1.807, 2.05) is 0 Å². The molecule has 15 heavy (non-hydrogen) atoms. The molecule has 92 valence electrons. The van der Waals surface area contributed by atoms with Crippen LogP contribution in [0.5, 0.6) is 0 Å². The topological polar surface area (TPSA) is 65.7 Å². The van der Waals surface area contributed by atoms with Crippen LogP contribution in [-0.2, 0) is 13.3 Å². The van der Waals surface area contributed by atoms with Gasteiger partial charge < -0.3 is 24.3 Å². The van der Waals surface area contributed by atoms with Crippen LogP contribution in [0.4, 0.5) is 0 Å². The third kappa shape index (κ3) is 6.24. The van der Waals surface area contributed by atoms with Gasteiger partial charge in [-0.1, -0.05) is 6.42 Å². The lowest BCUT2D eigenvalue weighted by Gasteiger charge is -2.24. The second-order valence-electron chi connectivity index (χ2n) is 3.32. The molecule has 0 heterocycles. The van der Waals surface area contributed by atoms with Crippen LogP contribution in [0.2, 0.25) is 0 Å². The van der Waals surface area contributed by atoms with Crippen LogP contribution < -0.4 is 11.1 Å². The van der Waals surface area contributed by atoms with E-state index >= 15 is 0 Å². The van der Waals surface area contributed by atoms with Crippen LogP contribution in [0.3, 0.4) is 0 Å². The van der Waals surface area contributed by atoms with Crippen molar-refractivity contribution in [2.75, 3.05) is 40.6 Å². The van der Waals surface area contributed by atoms with Crippen LogP contribution in [0.25, 0.3) is 0 Å². The first-order valence-corrected chi connectivity index (χ1v) is 7.24. The molecule has 0 saturated carbocycles. The minimum absolute atomic E-state index is 0.652. The summed E-state index contributed by atoms with van der Waals surface area (Å²) in [6.45, 7) is 1.72. The van der Waals surface area contributed by atoms with E-state index in [4.69, 9.17) is 19.0 Å². The monoisotopic (exact) mass is 236 g/mol. The molecule has 0 aliphatic carbocycles. The van der Waals surface area contributed by atoms with Crippen LogP contribution in [-0.4, -0.2) is 49.4 Å². The molecule has 0 amide bonds. The number of hydrogen-bond donors (Lipinski definition) is 2. The average Bonchev–Trinajstić information content (AvgIpc) is 2.29. The predicted octanol–water partition coefficient (Wildman–Crippen LogP) is 0.122. The van der Waals surface area contributed by atoms with Gasteiger partial charge in [0, 0.05) is 21.3 Å². The molecule has 0 unspecified atom stereocenters. The lowest BCUT2D eigenvalue weighted by atomic mass is 10.2. The van der Waals surface area contributed by atoms with Crippen LogP contribution in [0.15, 0.2) is 0 Å². The minimum Gasteiger partial charge on any atom is -0.376 e. The molecule has 0 rings (SSSR count). The summed E-state index contributed by atoms with van der Waals surface area (Å²) in [4.78, 5) is 0. The molecule has 6 heteroatoms. The summed E-state index contributed by atoms with van der Waals surface area (Å²) in [7, 11) is 2.44. The second kappa shape index (κ2) is 9.26. The summed E-state index contributed by atoms with van der Waals surface area (Å²) in [5.41, 5.74) is 5.40. The van der Waals surface area contributed by atoms with Crippen LogP contribution in [0, 0.1) is 0 Å². The quantitative estimate of drug-likeness (QED) is 0.417. The summed E-state index contributed by atoms with van der Waals surface area (Å²) in [6, 6.07) is 0. The third-order valence-electron chi connectivity index (χ3n) is 2.33. The van der Waals surface area contributed by atoms with Gasteiger partial charge in [-0.3, -0.25) is 0 Å². The van der Waals surface area contributed by atoms with Crippen LogP contribution >= 0.6 is 0 Å². The lowest BCUT2D eigenvalue weighted by Crippen LogP contribution is -2.52. The van der Waals surface area contributed by atoms with Crippen molar-refractivity contribution in [1.82, 2.24) is 5.32 Å². The maximum absolute atomic E-state index is 5.40. The maximum atomic E-state index is 5.40. The summed E-state index contributed by atoms with van der Waals surface area (Å²) in [6.07, 6.45) is 4.02. The van der Waals surface area contributed by atoms with Crippen molar-refractivity contribution in [3.8, 4) is 0 Å². The molecule has 0 aromatic carbocycles. The van der Waals surface area contributed by atoms with E-state index in [1.54, 1.807) is 21.3 Å². The highest BCUT2D eigenvalue weighted by molar-refractivity contribution is 6.60. The summed E-state index contributed by atoms with van der Waals surface area (Å²) >= 11 is 0. The Morgan fingerprint density at radius 2 is 1.60 bits per heavy atom. The van der Waals surface area contributed by atoms with Gasteiger partial charge >= 0.3 is 8.80 Å².